The molecule has 0 bridgehead atoms. The van der Waals surface area contributed by atoms with Crippen molar-refractivity contribution in [2.75, 3.05) is 0 Å². The van der Waals surface area contributed by atoms with Gasteiger partial charge in [0.2, 0.25) is 0 Å². The lowest BCUT2D eigenvalue weighted by Gasteiger charge is -2.35. The Labute approximate surface area is 442 Å². The third kappa shape index (κ3) is 6.95. The van der Waals surface area contributed by atoms with Gasteiger partial charge < -0.3 is 13.6 Å². The molecule has 1 aliphatic rings. The number of fused-ring (bicyclic) bond motifs is 9. The summed E-state index contributed by atoms with van der Waals surface area (Å²) in [4.78, 5) is 0. The van der Waals surface area contributed by atoms with Gasteiger partial charge in [-0.05, 0) is 122 Å². The molecule has 1 atom stereocenters. The second kappa shape index (κ2) is 17.9. The Bertz CT molecular complexity index is 4450. The summed E-state index contributed by atoms with van der Waals surface area (Å²) in [5.41, 5.74) is 14.6. The Balaban J connectivity index is 0.911. The Morgan fingerprint density at radius 2 is 0.868 bits per heavy atom. The van der Waals surface area contributed by atoms with Crippen LogP contribution in [0.3, 0.4) is 0 Å². The molecule has 3 heterocycles. The average molecular weight is 987 g/mol. The SMILES string of the molecule is C1=CC(c2cc(-n3c4ccccc4c4ccccc43)c3oc4ccc(-c5ccc6c(c5)c5ccccc5n6-c5ccccc5)cc4c3c2)=CC(c2cccc([Si](c3ccccc3)(c3ccccc3)c3ccccc3)c2)C1. The largest absolute Gasteiger partial charge is 0.454 e. The van der Waals surface area contributed by atoms with Crippen molar-refractivity contribution < 1.29 is 4.42 Å². The number of nitrogens with zero attached hydrogens (tertiary/aromatic N) is 2. The maximum Gasteiger partial charge on any atom is 0.179 e. The van der Waals surface area contributed by atoms with Crippen molar-refractivity contribution in [1.29, 1.82) is 0 Å². The second-order valence-electron chi connectivity index (χ2n) is 20.3. The van der Waals surface area contributed by atoms with E-state index in [1.165, 1.54) is 70.0 Å². The lowest BCUT2D eigenvalue weighted by Crippen LogP contribution is -2.74. The molecular formula is C72H50N2OSi. The quantitative estimate of drug-likeness (QED) is 0.104. The molecule has 14 aromatic rings. The minimum atomic E-state index is -2.73. The van der Waals surface area contributed by atoms with E-state index in [1.807, 2.05) is 0 Å². The molecule has 1 unspecified atom stereocenters. The van der Waals surface area contributed by atoms with Crippen LogP contribution >= 0.6 is 0 Å². The van der Waals surface area contributed by atoms with Gasteiger partial charge in [0, 0.05) is 43.9 Å². The molecule has 0 saturated carbocycles. The number of hydrogen-bond acceptors (Lipinski definition) is 1. The van der Waals surface area contributed by atoms with E-state index < -0.39 is 8.07 Å². The molecule has 0 N–H and O–H groups in total. The van der Waals surface area contributed by atoms with Gasteiger partial charge in [0.05, 0.1) is 27.8 Å². The van der Waals surface area contributed by atoms with E-state index in [0.29, 0.717) is 0 Å². The minimum Gasteiger partial charge on any atom is -0.454 e. The summed E-state index contributed by atoms with van der Waals surface area (Å²) in [6.07, 6.45) is 8.14. The van der Waals surface area contributed by atoms with Crippen LogP contribution in [0.4, 0.5) is 0 Å². The zero-order valence-corrected chi connectivity index (χ0v) is 42.7. The standard InChI is InChI=1S/C72H50N2OSi/c1-5-24-55(25-6-1)73-66-36-16-15-35-62(66)63-45-52(39-41-69(63)73)53-40-42-71-64(46-53)65-47-54(48-70(72(65)75-71)74-67-37-17-13-33-60(67)61-34-14-18-38-68(61)74)50-22-19-21-49(43-50)51-23-20-32-59(44-51)76(56-26-7-2-8-27-56,57-28-9-3-10-29-57)58-30-11-4-12-31-58/h1-20,22-49H,21H2. The first kappa shape index (κ1) is 44.0. The van der Waals surface area contributed by atoms with Gasteiger partial charge in [-0.3, -0.25) is 0 Å². The molecule has 358 valence electrons. The molecule has 11 aromatic carbocycles. The van der Waals surface area contributed by atoms with E-state index in [4.69, 9.17) is 4.42 Å². The predicted molar refractivity (Wildman–Crippen MR) is 322 cm³/mol. The molecule has 15 rings (SSSR count). The maximum absolute atomic E-state index is 7.11. The van der Waals surface area contributed by atoms with Crippen LogP contribution in [0.2, 0.25) is 0 Å². The van der Waals surface area contributed by atoms with Crippen molar-refractivity contribution in [2.45, 2.75) is 12.3 Å². The number of benzene rings is 11. The van der Waals surface area contributed by atoms with Gasteiger partial charge >= 0.3 is 0 Å². The Hall–Kier alpha value is -9.48. The van der Waals surface area contributed by atoms with Crippen molar-refractivity contribution in [1.82, 2.24) is 9.13 Å². The summed E-state index contributed by atoms with van der Waals surface area (Å²) >= 11 is 0. The summed E-state index contributed by atoms with van der Waals surface area (Å²) in [5.74, 6) is 0.164. The van der Waals surface area contributed by atoms with Gasteiger partial charge in [-0.2, -0.15) is 0 Å². The summed E-state index contributed by atoms with van der Waals surface area (Å²) in [6.45, 7) is 0. The Morgan fingerprint density at radius 1 is 0.368 bits per heavy atom. The molecule has 4 heteroatoms. The number of furan rings is 1. The van der Waals surface area contributed by atoms with E-state index in [-0.39, 0.29) is 5.92 Å². The van der Waals surface area contributed by atoms with Crippen LogP contribution in [0.25, 0.3) is 93.6 Å². The molecule has 3 nitrogen and oxygen atoms in total. The van der Waals surface area contributed by atoms with Crippen LogP contribution in [0.5, 0.6) is 0 Å². The molecule has 3 aromatic heterocycles. The van der Waals surface area contributed by atoms with Crippen molar-refractivity contribution in [3.8, 4) is 22.5 Å². The van der Waals surface area contributed by atoms with E-state index in [0.717, 1.165) is 61.9 Å². The predicted octanol–water partition coefficient (Wildman–Crippen LogP) is 16.0. The number of allylic oxidation sites excluding steroid dienone is 4. The first-order chi connectivity index (χ1) is 37.7. The molecule has 0 amide bonds. The van der Waals surface area contributed by atoms with Gasteiger partial charge in [-0.25, -0.2) is 0 Å². The van der Waals surface area contributed by atoms with Crippen molar-refractivity contribution >= 4 is 99.9 Å². The highest BCUT2D eigenvalue weighted by Crippen LogP contribution is 2.43. The van der Waals surface area contributed by atoms with Crippen LogP contribution in [0.15, 0.2) is 290 Å². The van der Waals surface area contributed by atoms with Crippen molar-refractivity contribution in [3.05, 3.63) is 296 Å². The molecule has 0 fully saturated rings. The van der Waals surface area contributed by atoms with Gasteiger partial charge in [-0.1, -0.05) is 218 Å². The van der Waals surface area contributed by atoms with Crippen LogP contribution in [0.1, 0.15) is 23.5 Å². The van der Waals surface area contributed by atoms with Gasteiger partial charge in [0.1, 0.15) is 5.58 Å². The summed E-state index contributed by atoms with van der Waals surface area (Å²) in [7, 11) is -2.73. The van der Waals surface area contributed by atoms with Crippen molar-refractivity contribution in [3.63, 3.8) is 0 Å². The normalized spacial score (nSPS) is 13.9. The van der Waals surface area contributed by atoms with E-state index in [9.17, 15) is 0 Å². The Morgan fingerprint density at radius 3 is 1.50 bits per heavy atom. The number of para-hydroxylation sites is 4. The average Bonchev–Trinajstić information content (AvgIpc) is 4.26. The highest BCUT2D eigenvalue weighted by molar-refractivity contribution is 7.19. The van der Waals surface area contributed by atoms with Gasteiger partial charge in [0.15, 0.2) is 13.7 Å². The molecule has 0 aliphatic heterocycles. The van der Waals surface area contributed by atoms with Crippen molar-refractivity contribution in [2.24, 2.45) is 0 Å². The summed E-state index contributed by atoms with van der Waals surface area (Å²) < 4.78 is 11.9. The lowest BCUT2D eigenvalue weighted by molar-refractivity contribution is 0.666. The second-order valence-corrected chi connectivity index (χ2v) is 24.1. The van der Waals surface area contributed by atoms with E-state index in [1.54, 1.807) is 0 Å². The zero-order chi connectivity index (χ0) is 50.2. The summed E-state index contributed by atoms with van der Waals surface area (Å²) in [6, 6.07) is 98.7. The smallest absolute Gasteiger partial charge is 0.179 e. The third-order valence-corrected chi connectivity index (χ3v) is 20.9. The Kier molecular flexibility index (Phi) is 10.4. The zero-order valence-electron chi connectivity index (χ0n) is 41.7. The molecular weight excluding hydrogens is 937 g/mol. The monoisotopic (exact) mass is 986 g/mol. The molecule has 1 aliphatic carbocycles. The molecule has 0 spiro atoms. The topological polar surface area (TPSA) is 23.0 Å². The number of aromatic nitrogens is 2. The molecule has 76 heavy (non-hydrogen) atoms. The van der Waals surface area contributed by atoms with E-state index >= 15 is 0 Å². The molecule has 0 radical (unpaired) electrons. The fourth-order valence-corrected chi connectivity index (χ4v) is 17.5. The minimum absolute atomic E-state index is 0.164. The number of hydrogen-bond donors (Lipinski definition) is 0. The number of rotatable bonds is 9. The first-order valence-electron chi connectivity index (χ1n) is 26.4. The van der Waals surface area contributed by atoms with Crippen LogP contribution in [-0.4, -0.2) is 17.2 Å². The van der Waals surface area contributed by atoms with Gasteiger partial charge in [-0.15, -0.1) is 0 Å². The van der Waals surface area contributed by atoms with Crippen LogP contribution in [0, 0.1) is 0 Å². The third-order valence-electron chi connectivity index (χ3n) is 16.2. The first-order valence-corrected chi connectivity index (χ1v) is 28.4. The van der Waals surface area contributed by atoms with E-state index in [2.05, 4.69) is 294 Å². The lowest BCUT2D eigenvalue weighted by atomic mass is 9.87. The van der Waals surface area contributed by atoms with Crippen LogP contribution < -0.4 is 20.7 Å². The van der Waals surface area contributed by atoms with Gasteiger partial charge in [0.25, 0.3) is 0 Å². The fraction of sp³-hybridized carbons (Fsp3) is 0.0278. The van der Waals surface area contributed by atoms with Crippen LogP contribution in [-0.2, 0) is 0 Å². The molecule has 0 saturated heterocycles. The fourth-order valence-electron chi connectivity index (χ4n) is 12.7. The highest BCUT2D eigenvalue weighted by Gasteiger charge is 2.41. The maximum atomic E-state index is 7.11. The highest BCUT2D eigenvalue weighted by atomic mass is 28.3. The summed E-state index contributed by atoms with van der Waals surface area (Å²) in [5, 5.41) is 12.6.